The first-order valence-corrected chi connectivity index (χ1v) is 11.8. The maximum Gasteiger partial charge on any atom is 0.343 e. The van der Waals surface area contributed by atoms with Crippen molar-refractivity contribution < 1.29 is 23.9 Å². The second-order valence-corrected chi connectivity index (χ2v) is 8.33. The molecule has 0 fully saturated rings. The SMILES string of the molecule is CCc1c(C(=O)C(N)=O)c2c(OCC(=O)OC)cccn2c1Cc1ccccc1C1=CC=CCC=C1. The number of benzene rings is 1. The van der Waals surface area contributed by atoms with Crippen LogP contribution in [0.5, 0.6) is 5.75 Å². The molecule has 0 saturated heterocycles. The highest BCUT2D eigenvalue weighted by molar-refractivity contribution is 6.44. The number of ketones is 1. The normalized spacial score (nSPS) is 12.8. The summed E-state index contributed by atoms with van der Waals surface area (Å²) in [4.78, 5) is 36.8. The van der Waals surface area contributed by atoms with Gasteiger partial charge >= 0.3 is 5.97 Å². The molecule has 0 spiro atoms. The molecular formula is C29H28N2O5. The lowest BCUT2D eigenvalue weighted by atomic mass is 9.93. The van der Waals surface area contributed by atoms with Crippen LogP contribution in [-0.4, -0.2) is 35.8 Å². The number of primary amides is 1. The predicted molar refractivity (Wildman–Crippen MR) is 138 cm³/mol. The molecule has 0 atom stereocenters. The van der Waals surface area contributed by atoms with E-state index in [1.807, 2.05) is 35.7 Å². The maximum absolute atomic E-state index is 13.0. The van der Waals surface area contributed by atoms with Crippen LogP contribution in [0.3, 0.4) is 0 Å². The fourth-order valence-corrected chi connectivity index (χ4v) is 4.54. The zero-order valence-corrected chi connectivity index (χ0v) is 20.3. The molecule has 7 heteroatoms. The minimum absolute atomic E-state index is 0.203. The number of ether oxygens (including phenoxy) is 2. The van der Waals surface area contributed by atoms with E-state index in [4.69, 9.17) is 10.5 Å². The van der Waals surface area contributed by atoms with Gasteiger partial charge in [-0.3, -0.25) is 9.59 Å². The van der Waals surface area contributed by atoms with Crippen LogP contribution in [0, 0.1) is 0 Å². The number of carbonyl (C=O) groups is 3. The first kappa shape index (κ1) is 24.7. The van der Waals surface area contributed by atoms with Gasteiger partial charge in [-0.05, 0) is 47.2 Å². The van der Waals surface area contributed by atoms with E-state index < -0.39 is 17.7 Å². The highest BCUT2D eigenvalue weighted by Gasteiger charge is 2.28. The number of rotatable bonds is 9. The van der Waals surface area contributed by atoms with Gasteiger partial charge in [-0.2, -0.15) is 0 Å². The third-order valence-corrected chi connectivity index (χ3v) is 6.18. The lowest BCUT2D eigenvalue weighted by molar-refractivity contribution is -0.142. The molecule has 1 aliphatic carbocycles. The van der Waals surface area contributed by atoms with Crippen LogP contribution in [0.25, 0.3) is 11.1 Å². The molecular weight excluding hydrogens is 456 g/mol. The first-order chi connectivity index (χ1) is 17.5. The van der Waals surface area contributed by atoms with Crippen molar-refractivity contribution in [2.24, 2.45) is 5.73 Å². The minimum atomic E-state index is -1.05. The van der Waals surface area contributed by atoms with Crippen LogP contribution in [-0.2, 0) is 27.2 Å². The Morgan fingerprint density at radius 3 is 2.64 bits per heavy atom. The van der Waals surface area contributed by atoms with Gasteiger partial charge in [0.2, 0.25) is 0 Å². The molecule has 0 aliphatic heterocycles. The topological polar surface area (TPSA) is 100 Å². The Morgan fingerprint density at radius 2 is 1.89 bits per heavy atom. The van der Waals surface area contributed by atoms with E-state index in [1.54, 1.807) is 12.1 Å². The second-order valence-electron chi connectivity index (χ2n) is 8.33. The van der Waals surface area contributed by atoms with Gasteiger partial charge in [0, 0.05) is 18.3 Å². The zero-order chi connectivity index (χ0) is 25.7. The number of carbonyl (C=O) groups excluding carboxylic acids is 3. The average Bonchev–Trinajstić information content (AvgIpc) is 3.02. The molecule has 1 aromatic carbocycles. The van der Waals surface area contributed by atoms with Gasteiger partial charge in [-0.25, -0.2) is 4.79 Å². The lowest BCUT2D eigenvalue weighted by Crippen LogP contribution is -2.24. The van der Waals surface area contributed by atoms with Crippen LogP contribution in [0.2, 0.25) is 0 Å². The van der Waals surface area contributed by atoms with Crippen molar-refractivity contribution in [3.05, 3.63) is 101 Å². The summed E-state index contributed by atoms with van der Waals surface area (Å²) in [5, 5.41) is 0. The fraction of sp³-hybridized carbons (Fsp3) is 0.207. The largest absolute Gasteiger partial charge is 0.480 e. The number of esters is 1. The zero-order valence-electron chi connectivity index (χ0n) is 20.3. The summed E-state index contributed by atoms with van der Waals surface area (Å²) < 4.78 is 12.3. The second kappa shape index (κ2) is 10.9. The number of hydrogen-bond acceptors (Lipinski definition) is 5. The number of Topliss-reactive ketones (excluding diaryl/α,β-unsaturated/α-hetero) is 1. The number of fused-ring (bicyclic) bond motifs is 1. The maximum atomic E-state index is 13.0. The summed E-state index contributed by atoms with van der Waals surface area (Å²) in [7, 11) is 1.27. The van der Waals surface area contributed by atoms with E-state index in [-0.39, 0.29) is 12.2 Å². The Labute approximate surface area is 209 Å². The molecule has 3 aromatic rings. The van der Waals surface area contributed by atoms with Gasteiger partial charge in [-0.1, -0.05) is 61.6 Å². The number of aromatic nitrogens is 1. The predicted octanol–water partition coefficient (Wildman–Crippen LogP) is 4.21. The Morgan fingerprint density at radius 1 is 1.08 bits per heavy atom. The molecule has 1 amide bonds. The molecule has 184 valence electrons. The Bertz CT molecular complexity index is 1420. The average molecular weight is 485 g/mol. The van der Waals surface area contributed by atoms with Gasteiger partial charge in [0.05, 0.1) is 18.2 Å². The molecule has 0 unspecified atom stereocenters. The molecule has 2 N–H and O–H groups in total. The van der Waals surface area contributed by atoms with E-state index in [1.165, 1.54) is 7.11 Å². The molecule has 7 nitrogen and oxygen atoms in total. The number of nitrogens with two attached hydrogens (primary N) is 1. The van der Waals surface area contributed by atoms with Crippen LogP contribution in [0.4, 0.5) is 0 Å². The first-order valence-electron chi connectivity index (χ1n) is 11.8. The number of allylic oxidation sites excluding steroid dienone is 6. The van der Waals surface area contributed by atoms with Crippen LogP contribution < -0.4 is 10.5 Å². The molecule has 0 bridgehead atoms. The summed E-state index contributed by atoms with van der Waals surface area (Å²) >= 11 is 0. The lowest BCUT2D eigenvalue weighted by Gasteiger charge is -2.13. The third-order valence-electron chi connectivity index (χ3n) is 6.18. The van der Waals surface area contributed by atoms with Gasteiger partial charge < -0.3 is 19.6 Å². The standard InChI is InChI=1S/C29H28N2O5/c1-3-21-23(17-20-13-8-9-14-22(20)19-11-6-4-5-7-12-19)31-16-10-15-24(36-18-25(32)35-2)27(31)26(21)28(33)29(30)34/h4,6-16H,3,5,17-18H2,1-2H3,(H2,30,34). The van der Waals surface area contributed by atoms with Crippen molar-refractivity contribution in [2.75, 3.05) is 13.7 Å². The summed E-state index contributed by atoms with van der Waals surface area (Å²) in [6, 6.07) is 11.5. The number of hydrogen-bond donors (Lipinski definition) is 1. The van der Waals surface area contributed by atoms with Crippen molar-refractivity contribution >= 4 is 28.7 Å². The molecule has 0 saturated carbocycles. The van der Waals surface area contributed by atoms with E-state index >= 15 is 0 Å². The van der Waals surface area contributed by atoms with Crippen molar-refractivity contribution in [2.45, 2.75) is 26.2 Å². The van der Waals surface area contributed by atoms with E-state index in [0.717, 1.165) is 28.8 Å². The number of nitrogens with zero attached hydrogens (tertiary/aromatic N) is 1. The van der Waals surface area contributed by atoms with Crippen molar-refractivity contribution in [1.29, 1.82) is 0 Å². The smallest absolute Gasteiger partial charge is 0.343 e. The van der Waals surface area contributed by atoms with Gasteiger partial charge in [0.15, 0.2) is 6.61 Å². The summed E-state index contributed by atoms with van der Waals surface area (Å²) in [5.74, 6) is -2.11. The van der Waals surface area contributed by atoms with Crippen molar-refractivity contribution in [3.63, 3.8) is 0 Å². The van der Waals surface area contributed by atoms with E-state index in [9.17, 15) is 14.4 Å². The molecule has 36 heavy (non-hydrogen) atoms. The fourth-order valence-electron chi connectivity index (χ4n) is 4.54. The van der Waals surface area contributed by atoms with Gasteiger partial charge in [-0.15, -0.1) is 0 Å². The molecule has 2 heterocycles. The Hall–Kier alpha value is -4.39. The number of amides is 1. The summed E-state index contributed by atoms with van der Waals surface area (Å²) in [5.41, 5.74) is 10.9. The van der Waals surface area contributed by atoms with Crippen LogP contribution in [0.1, 0.15) is 46.1 Å². The summed E-state index contributed by atoms with van der Waals surface area (Å²) in [6.45, 7) is 1.59. The quantitative estimate of drug-likeness (QED) is 0.279. The Kier molecular flexibility index (Phi) is 7.49. The van der Waals surface area contributed by atoms with Gasteiger partial charge in [0.25, 0.3) is 11.7 Å². The molecule has 0 radical (unpaired) electrons. The number of pyridine rings is 1. The van der Waals surface area contributed by atoms with E-state index in [0.29, 0.717) is 29.7 Å². The molecule has 4 rings (SSSR count). The summed E-state index contributed by atoms with van der Waals surface area (Å²) in [6.07, 6.45) is 14.1. The highest BCUT2D eigenvalue weighted by Crippen LogP contribution is 2.34. The minimum Gasteiger partial charge on any atom is -0.480 e. The van der Waals surface area contributed by atoms with E-state index in [2.05, 4.69) is 41.2 Å². The van der Waals surface area contributed by atoms with Gasteiger partial charge in [0.1, 0.15) is 5.75 Å². The molecule has 2 aromatic heterocycles. The van der Waals surface area contributed by atoms with Crippen LogP contribution in [0.15, 0.2) is 73.0 Å². The monoisotopic (exact) mass is 484 g/mol. The van der Waals surface area contributed by atoms with Crippen molar-refractivity contribution in [1.82, 2.24) is 4.40 Å². The van der Waals surface area contributed by atoms with Crippen LogP contribution >= 0.6 is 0 Å². The third kappa shape index (κ3) is 4.86. The van der Waals surface area contributed by atoms with Crippen molar-refractivity contribution in [3.8, 4) is 5.75 Å². The Balaban J connectivity index is 1.91. The molecule has 1 aliphatic rings. The highest BCUT2D eigenvalue weighted by atomic mass is 16.6. The number of methoxy groups -OCH3 is 1.